The summed E-state index contributed by atoms with van der Waals surface area (Å²) in [5.41, 5.74) is 1.42. The number of benzene rings is 4. The molecule has 0 aromatic heterocycles. The van der Waals surface area contributed by atoms with Crippen LogP contribution in [0, 0.1) is 0 Å². The zero-order chi connectivity index (χ0) is 17.1. The molecule has 4 rings (SSSR count). The van der Waals surface area contributed by atoms with E-state index in [-0.39, 0.29) is 0 Å². The first-order chi connectivity index (χ1) is 12.3. The van der Waals surface area contributed by atoms with Crippen LogP contribution < -0.4 is 10.4 Å². The second-order valence-corrected chi connectivity index (χ2v) is 11.0. The predicted octanol–water partition coefficient (Wildman–Crippen LogP) is 4.81. The van der Waals surface area contributed by atoms with Crippen molar-refractivity contribution in [2.75, 3.05) is 0 Å². The molecule has 0 aliphatic heterocycles. The van der Waals surface area contributed by atoms with Crippen LogP contribution >= 0.6 is 0 Å². The van der Waals surface area contributed by atoms with E-state index in [0.717, 1.165) is 6.04 Å². The molecule has 1 atom stereocenters. The van der Waals surface area contributed by atoms with E-state index < -0.39 is 8.07 Å². The van der Waals surface area contributed by atoms with Crippen LogP contribution in [0.2, 0.25) is 6.55 Å². The van der Waals surface area contributed by atoms with Gasteiger partial charge in [-0.2, -0.15) is 0 Å². The lowest BCUT2D eigenvalue weighted by Gasteiger charge is -2.30. The highest BCUT2D eigenvalue weighted by atomic mass is 28.3. The Hall–Kier alpha value is -2.64. The van der Waals surface area contributed by atoms with Crippen LogP contribution in [-0.4, -0.2) is 8.07 Å². The van der Waals surface area contributed by atoms with Gasteiger partial charge in [-0.25, -0.2) is 0 Å². The van der Waals surface area contributed by atoms with Gasteiger partial charge in [0.05, 0.1) is 0 Å². The van der Waals surface area contributed by atoms with Crippen LogP contribution in [0.25, 0.3) is 10.8 Å². The molecule has 4 aromatic carbocycles. The molecule has 1 unspecified atom stereocenters. The third-order valence-electron chi connectivity index (χ3n) is 5.20. The van der Waals surface area contributed by atoms with Crippen LogP contribution in [0.4, 0.5) is 0 Å². The summed E-state index contributed by atoms with van der Waals surface area (Å²) in [6, 6.07) is 38.7. The molecule has 0 fully saturated rings. The Bertz CT molecular complexity index is 971. The van der Waals surface area contributed by atoms with Crippen LogP contribution in [0.15, 0.2) is 103 Å². The normalized spacial score (nSPS) is 13.5. The molecule has 25 heavy (non-hydrogen) atoms. The Morgan fingerprint density at radius 2 is 1.20 bits per heavy atom. The van der Waals surface area contributed by atoms with Crippen molar-refractivity contribution < 1.29 is 0 Å². The molecule has 1 heteroatoms. The van der Waals surface area contributed by atoms with E-state index >= 15 is 0 Å². The lowest BCUT2D eigenvalue weighted by Crippen LogP contribution is -2.58. The molecular weight excluding hydrogens is 316 g/mol. The maximum absolute atomic E-state index is 2.51. The summed E-state index contributed by atoms with van der Waals surface area (Å²) >= 11 is 0. The van der Waals surface area contributed by atoms with Crippen molar-refractivity contribution >= 4 is 29.2 Å². The minimum absolute atomic E-state index is 1.12. The molecule has 0 spiro atoms. The standard InChI is InChI=1S/C24H22Si/c1-25(22-15-6-3-7-16-22,19-20-11-4-2-5-12-20)24-18-10-14-21-13-8-9-17-23(21)24/h2-18H,19H2,1H3. The molecule has 0 saturated heterocycles. The molecule has 0 radical (unpaired) electrons. The van der Waals surface area contributed by atoms with Gasteiger partial charge in [0.15, 0.2) is 0 Å². The first-order valence-corrected chi connectivity index (χ1v) is 11.6. The van der Waals surface area contributed by atoms with Gasteiger partial charge in [-0.15, -0.1) is 0 Å². The van der Waals surface area contributed by atoms with Crippen molar-refractivity contribution in [2.24, 2.45) is 0 Å². The summed E-state index contributed by atoms with van der Waals surface area (Å²) in [6.07, 6.45) is 0. The van der Waals surface area contributed by atoms with Crippen LogP contribution in [0.1, 0.15) is 5.56 Å². The van der Waals surface area contributed by atoms with E-state index in [1.165, 1.54) is 26.7 Å². The molecular formula is C24H22Si. The summed E-state index contributed by atoms with van der Waals surface area (Å²) in [4.78, 5) is 0. The van der Waals surface area contributed by atoms with Crippen LogP contribution in [0.3, 0.4) is 0 Å². The highest BCUT2D eigenvalue weighted by molar-refractivity contribution is 7.02. The van der Waals surface area contributed by atoms with E-state index in [4.69, 9.17) is 0 Å². The van der Waals surface area contributed by atoms with Crippen molar-refractivity contribution in [3.05, 3.63) is 109 Å². The van der Waals surface area contributed by atoms with Crippen molar-refractivity contribution in [3.8, 4) is 0 Å². The number of fused-ring (bicyclic) bond motifs is 1. The maximum atomic E-state index is 2.51. The van der Waals surface area contributed by atoms with Crippen LogP contribution in [0.5, 0.6) is 0 Å². The molecule has 0 amide bonds. The van der Waals surface area contributed by atoms with Gasteiger partial charge in [0.2, 0.25) is 0 Å². The zero-order valence-electron chi connectivity index (χ0n) is 14.5. The number of rotatable bonds is 4. The van der Waals surface area contributed by atoms with Gasteiger partial charge < -0.3 is 0 Å². The van der Waals surface area contributed by atoms with Crippen molar-refractivity contribution in [1.82, 2.24) is 0 Å². The third-order valence-corrected chi connectivity index (χ3v) is 9.54. The quantitative estimate of drug-likeness (QED) is 0.468. The minimum atomic E-state index is -1.91. The van der Waals surface area contributed by atoms with E-state index in [0.29, 0.717) is 0 Å². The minimum Gasteiger partial charge on any atom is -0.0626 e. The second-order valence-electron chi connectivity index (χ2n) is 6.89. The third kappa shape index (κ3) is 3.03. The molecule has 4 aromatic rings. The van der Waals surface area contributed by atoms with Crippen LogP contribution in [-0.2, 0) is 6.04 Å². The zero-order valence-corrected chi connectivity index (χ0v) is 15.5. The highest BCUT2D eigenvalue weighted by Crippen LogP contribution is 2.19. The van der Waals surface area contributed by atoms with Crippen molar-refractivity contribution in [3.63, 3.8) is 0 Å². The molecule has 122 valence electrons. The van der Waals surface area contributed by atoms with Gasteiger partial charge >= 0.3 is 0 Å². The lowest BCUT2D eigenvalue weighted by molar-refractivity contribution is 1.34. The summed E-state index contributed by atoms with van der Waals surface area (Å²) in [6.45, 7) is 2.51. The summed E-state index contributed by atoms with van der Waals surface area (Å²) in [5.74, 6) is 0. The van der Waals surface area contributed by atoms with E-state index in [1.54, 1.807) is 0 Å². The van der Waals surface area contributed by atoms with Gasteiger partial charge in [-0.3, -0.25) is 0 Å². The van der Waals surface area contributed by atoms with Crippen molar-refractivity contribution in [2.45, 2.75) is 12.6 Å². The Morgan fingerprint density at radius 3 is 1.96 bits per heavy atom. The van der Waals surface area contributed by atoms with Gasteiger partial charge in [0, 0.05) is 0 Å². The monoisotopic (exact) mass is 338 g/mol. The van der Waals surface area contributed by atoms with Gasteiger partial charge in [-0.1, -0.05) is 120 Å². The SMILES string of the molecule is C[Si](Cc1ccccc1)(c1ccccc1)c1cccc2ccccc12. The fourth-order valence-corrected chi connectivity index (χ4v) is 7.84. The number of hydrogen-bond donors (Lipinski definition) is 0. The Kier molecular flexibility index (Phi) is 4.25. The van der Waals surface area contributed by atoms with Gasteiger partial charge in [-0.05, 0) is 22.0 Å². The molecule has 0 saturated carbocycles. The largest absolute Gasteiger partial charge is 0.120 e. The van der Waals surface area contributed by atoms with E-state index in [2.05, 4.69) is 110 Å². The fourth-order valence-electron chi connectivity index (χ4n) is 3.87. The first kappa shape index (κ1) is 15.9. The average Bonchev–Trinajstić information content (AvgIpc) is 2.69. The summed E-state index contributed by atoms with van der Waals surface area (Å²) in [5, 5.41) is 5.76. The topological polar surface area (TPSA) is 0 Å². The van der Waals surface area contributed by atoms with E-state index in [1.807, 2.05) is 0 Å². The number of hydrogen-bond acceptors (Lipinski definition) is 0. The Balaban J connectivity index is 1.94. The van der Waals surface area contributed by atoms with Crippen molar-refractivity contribution in [1.29, 1.82) is 0 Å². The van der Waals surface area contributed by atoms with E-state index in [9.17, 15) is 0 Å². The molecule has 0 nitrogen and oxygen atoms in total. The summed E-state index contributed by atoms with van der Waals surface area (Å²) in [7, 11) is -1.91. The molecule has 0 bridgehead atoms. The highest BCUT2D eigenvalue weighted by Gasteiger charge is 2.33. The molecule has 0 aliphatic rings. The van der Waals surface area contributed by atoms with Gasteiger partial charge in [0.25, 0.3) is 0 Å². The fraction of sp³-hybridized carbons (Fsp3) is 0.0833. The maximum Gasteiger partial charge on any atom is 0.120 e. The lowest BCUT2D eigenvalue weighted by atomic mass is 10.1. The molecule has 0 aliphatic carbocycles. The summed E-state index contributed by atoms with van der Waals surface area (Å²) < 4.78 is 0. The molecule has 0 N–H and O–H groups in total. The predicted molar refractivity (Wildman–Crippen MR) is 111 cm³/mol. The Morgan fingerprint density at radius 1 is 0.600 bits per heavy atom. The molecule has 0 heterocycles. The van der Waals surface area contributed by atoms with Gasteiger partial charge in [0.1, 0.15) is 8.07 Å². The average molecular weight is 339 g/mol. The smallest absolute Gasteiger partial charge is 0.0626 e. The second kappa shape index (κ2) is 6.70. The first-order valence-electron chi connectivity index (χ1n) is 8.85. The Labute approximate surface area is 150 Å².